The third-order valence-corrected chi connectivity index (χ3v) is 3.53. The number of rotatable bonds is 5. The molecule has 0 fully saturated rings. The molecule has 0 unspecified atom stereocenters. The topological polar surface area (TPSA) is 106 Å². The Morgan fingerprint density at radius 1 is 1.19 bits per heavy atom. The van der Waals surface area contributed by atoms with Crippen LogP contribution in [0.2, 0.25) is 0 Å². The summed E-state index contributed by atoms with van der Waals surface area (Å²) >= 11 is 0. The summed E-state index contributed by atoms with van der Waals surface area (Å²) in [6, 6.07) is 1.80. The fourth-order valence-electron chi connectivity index (χ4n) is 2.39. The van der Waals surface area contributed by atoms with Gasteiger partial charge in [0.1, 0.15) is 0 Å². The van der Waals surface area contributed by atoms with Gasteiger partial charge in [0.15, 0.2) is 11.5 Å². The maximum Gasteiger partial charge on any atom is 0.230 e. The molecule has 3 rings (SSSR count). The van der Waals surface area contributed by atoms with Crippen molar-refractivity contribution in [3.63, 3.8) is 0 Å². The molecule has 26 heavy (non-hydrogen) atoms. The lowest BCUT2D eigenvalue weighted by Gasteiger charge is -2.23. The largest absolute Gasteiger partial charge is 0.338 e. The van der Waals surface area contributed by atoms with Crippen molar-refractivity contribution in [3.05, 3.63) is 36.0 Å². The van der Waals surface area contributed by atoms with E-state index in [-0.39, 0.29) is 5.41 Å². The average molecular weight is 361 g/mol. The Balaban J connectivity index is 0.000000791. The van der Waals surface area contributed by atoms with Gasteiger partial charge in [0, 0.05) is 42.3 Å². The Morgan fingerprint density at radius 3 is 2.46 bits per heavy atom. The fraction of sp³-hybridized carbons (Fsp3) is 0.500. The van der Waals surface area contributed by atoms with Crippen molar-refractivity contribution in [2.75, 3.05) is 11.9 Å². The van der Waals surface area contributed by atoms with Gasteiger partial charge in [0.2, 0.25) is 5.88 Å². The first-order valence-corrected chi connectivity index (χ1v) is 8.97. The van der Waals surface area contributed by atoms with Crippen molar-refractivity contribution in [1.29, 1.82) is 0 Å². The molecule has 0 aliphatic heterocycles. The smallest absolute Gasteiger partial charge is 0.230 e. The summed E-state index contributed by atoms with van der Waals surface area (Å²) in [5.41, 5.74) is 5.11. The number of hydrazine groups is 1. The highest BCUT2D eigenvalue weighted by atomic mass is 16.5. The molecule has 8 nitrogen and oxygen atoms in total. The lowest BCUT2D eigenvalue weighted by atomic mass is 9.90. The van der Waals surface area contributed by atoms with E-state index in [4.69, 9.17) is 10.4 Å². The molecular formula is C18H31N7O. The minimum atomic E-state index is -0.171. The molecule has 0 aromatic carbocycles. The van der Waals surface area contributed by atoms with Gasteiger partial charge in [0.25, 0.3) is 0 Å². The van der Waals surface area contributed by atoms with E-state index in [9.17, 15) is 0 Å². The summed E-state index contributed by atoms with van der Waals surface area (Å²) in [7, 11) is 0. The molecule has 8 heteroatoms. The zero-order valence-corrected chi connectivity index (χ0v) is 16.8. The van der Waals surface area contributed by atoms with Crippen LogP contribution in [0.1, 0.15) is 52.9 Å². The number of nitrogens with zero attached hydrogens (tertiary/aromatic N) is 4. The molecule has 0 saturated carbocycles. The normalized spacial score (nSPS) is 10.6. The van der Waals surface area contributed by atoms with E-state index in [0.29, 0.717) is 18.2 Å². The summed E-state index contributed by atoms with van der Waals surface area (Å²) in [6.07, 6.45) is 5.44. The van der Waals surface area contributed by atoms with E-state index in [1.807, 2.05) is 51.4 Å². The number of hydrogen-bond donors (Lipinski definition) is 3. The Labute approximate surface area is 155 Å². The van der Waals surface area contributed by atoms with Crippen LogP contribution in [0, 0.1) is 6.92 Å². The van der Waals surface area contributed by atoms with Crippen molar-refractivity contribution in [1.82, 2.24) is 25.0 Å². The molecule has 3 heterocycles. The Bertz CT molecular complexity index is 792. The van der Waals surface area contributed by atoms with Gasteiger partial charge in [-0.1, -0.05) is 46.7 Å². The third kappa shape index (κ3) is 4.80. The molecule has 3 aromatic rings. The molecule has 144 valence electrons. The average Bonchev–Trinajstić information content (AvgIpc) is 3.26. The number of aryl methyl sites for hydroxylation is 1. The summed E-state index contributed by atoms with van der Waals surface area (Å²) in [4.78, 5) is 8.81. The first-order chi connectivity index (χ1) is 12.5. The lowest BCUT2D eigenvalue weighted by Crippen LogP contribution is -2.37. The number of anilines is 2. The van der Waals surface area contributed by atoms with Crippen LogP contribution in [0.25, 0.3) is 5.65 Å². The Morgan fingerprint density at radius 2 is 1.88 bits per heavy atom. The van der Waals surface area contributed by atoms with E-state index < -0.39 is 0 Å². The van der Waals surface area contributed by atoms with Crippen molar-refractivity contribution >= 4 is 17.3 Å². The van der Waals surface area contributed by atoms with Crippen LogP contribution in [0.5, 0.6) is 0 Å². The quantitative estimate of drug-likeness (QED) is 0.471. The van der Waals surface area contributed by atoms with Gasteiger partial charge in [-0.15, -0.1) is 0 Å². The van der Waals surface area contributed by atoms with Gasteiger partial charge in [-0.25, -0.2) is 9.97 Å². The number of hydrogen-bond acceptors (Lipinski definition) is 7. The second kappa shape index (κ2) is 9.88. The van der Waals surface area contributed by atoms with Crippen LogP contribution >= 0.6 is 0 Å². The van der Waals surface area contributed by atoms with Crippen LogP contribution < -0.4 is 16.6 Å². The van der Waals surface area contributed by atoms with Gasteiger partial charge < -0.3 is 9.84 Å². The molecular weight excluding hydrogens is 330 g/mol. The van der Waals surface area contributed by atoms with E-state index in [2.05, 4.69) is 39.7 Å². The van der Waals surface area contributed by atoms with Gasteiger partial charge in [-0.05, 0) is 6.92 Å². The number of imidazole rings is 1. The molecule has 4 N–H and O–H groups in total. The summed E-state index contributed by atoms with van der Waals surface area (Å²) in [5.74, 6) is 6.62. The molecule has 0 aliphatic rings. The predicted molar refractivity (Wildman–Crippen MR) is 105 cm³/mol. The monoisotopic (exact) mass is 361 g/mol. The maximum absolute atomic E-state index is 5.48. The van der Waals surface area contributed by atoms with E-state index in [1.165, 1.54) is 0 Å². The summed E-state index contributed by atoms with van der Waals surface area (Å²) < 4.78 is 7.16. The minimum absolute atomic E-state index is 0.171. The zero-order valence-electron chi connectivity index (χ0n) is 16.8. The fourth-order valence-corrected chi connectivity index (χ4v) is 2.39. The highest BCUT2D eigenvalue weighted by Crippen LogP contribution is 2.26. The molecule has 0 bridgehead atoms. The molecule has 0 spiro atoms. The summed E-state index contributed by atoms with van der Waals surface area (Å²) in [5, 5.41) is 6.95. The van der Waals surface area contributed by atoms with Crippen LogP contribution in [-0.2, 0) is 5.41 Å². The molecule has 0 aliphatic carbocycles. The highest BCUT2D eigenvalue weighted by molar-refractivity contribution is 5.68. The van der Waals surface area contributed by atoms with Gasteiger partial charge in [-0.3, -0.25) is 15.7 Å². The van der Waals surface area contributed by atoms with E-state index >= 15 is 0 Å². The third-order valence-electron chi connectivity index (χ3n) is 3.53. The molecule has 3 aromatic heterocycles. The molecule has 0 amide bonds. The number of nitrogens with two attached hydrogens (primary N) is 1. The van der Waals surface area contributed by atoms with E-state index in [0.717, 1.165) is 17.0 Å². The first-order valence-electron chi connectivity index (χ1n) is 8.97. The number of aromatic nitrogens is 4. The van der Waals surface area contributed by atoms with Crippen molar-refractivity contribution in [2.45, 2.75) is 53.9 Å². The lowest BCUT2D eigenvalue weighted by molar-refractivity contribution is 0.429. The molecule has 0 atom stereocenters. The van der Waals surface area contributed by atoms with Crippen molar-refractivity contribution < 1.29 is 4.52 Å². The predicted octanol–water partition coefficient (Wildman–Crippen LogP) is 3.56. The van der Waals surface area contributed by atoms with Crippen LogP contribution in [0.3, 0.4) is 0 Å². The van der Waals surface area contributed by atoms with Crippen LogP contribution in [0.4, 0.5) is 11.7 Å². The van der Waals surface area contributed by atoms with Crippen LogP contribution in [0.15, 0.2) is 29.2 Å². The SMILES string of the molecule is CC.CC.Cc1cc(Nc2nccn3c(C(C)(C)CNN)cnc23)on1. The van der Waals surface area contributed by atoms with Crippen molar-refractivity contribution in [2.24, 2.45) is 5.84 Å². The zero-order chi connectivity index (χ0) is 19.7. The minimum Gasteiger partial charge on any atom is -0.338 e. The first kappa shape index (κ1) is 21.6. The number of fused-ring (bicyclic) bond motifs is 1. The van der Waals surface area contributed by atoms with E-state index in [1.54, 1.807) is 12.3 Å². The van der Waals surface area contributed by atoms with Gasteiger partial charge >= 0.3 is 0 Å². The second-order valence-electron chi connectivity index (χ2n) is 5.84. The van der Waals surface area contributed by atoms with Crippen LogP contribution in [-0.4, -0.2) is 26.1 Å². The maximum atomic E-state index is 5.48. The van der Waals surface area contributed by atoms with Crippen molar-refractivity contribution in [3.8, 4) is 0 Å². The summed E-state index contributed by atoms with van der Waals surface area (Å²) in [6.45, 7) is 14.7. The highest BCUT2D eigenvalue weighted by Gasteiger charge is 2.25. The van der Waals surface area contributed by atoms with Gasteiger partial charge in [0.05, 0.1) is 5.69 Å². The Hall–Kier alpha value is -2.45. The Kier molecular flexibility index (Phi) is 8.21. The molecule has 0 saturated heterocycles. The molecule has 0 radical (unpaired) electrons. The second-order valence-corrected chi connectivity index (χ2v) is 5.84. The standard InChI is InChI=1S/C14H19N7O.2C2H6/c1-9-6-11(22-20-9)19-12-13-17-7-10(14(2,3)8-18-15)21(13)5-4-16-12;2*1-2/h4-7,18H,8,15H2,1-3H3,(H,16,19);2*1-2H3. The number of nitrogens with one attached hydrogen (secondary N) is 2. The van der Waals surface area contributed by atoms with Gasteiger partial charge in [-0.2, -0.15) is 0 Å².